The summed E-state index contributed by atoms with van der Waals surface area (Å²) in [4.78, 5) is 4.06. The maximum absolute atomic E-state index is 9.86. The lowest BCUT2D eigenvalue weighted by molar-refractivity contribution is 0.114. The summed E-state index contributed by atoms with van der Waals surface area (Å²) < 4.78 is 0. The highest BCUT2D eigenvalue weighted by molar-refractivity contribution is 7.14. The highest BCUT2D eigenvalue weighted by atomic mass is 35.5. The molecule has 0 bridgehead atoms. The zero-order valence-corrected chi connectivity index (χ0v) is 10.6. The van der Waals surface area contributed by atoms with Gasteiger partial charge in [-0.05, 0) is 5.92 Å². The number of anilines is 1. The highest BCUT2D eigenvalue weighted by Gasteiger charge is 2.15. The summed E-state index contributed by atoms with van der Waals surface area (Å²) in [6.07, 6.45) is 1.68. The molecule has 0 saturated carbocycles. The SMILES string of the molecule is CCC(CC)C(O)CNc1nc(Cl)cs1. The minimum absolute atomic E-state index is 0.317. The lowest BCUT2D eigenvalue weighted by Crippen LogP contribution is -2.27. The lowest BCUT2D eigenvalue weighted by atomic mass is 9.97. The number of hydrogen-bond donors (Lipinski definition) is 2. The largest absolute Gasteiger partial charge is 0.391 e. The molecule has 0 aliphatic carbocycles. The Bertz CT molecular complexity index is 289. The Hall–Kier alpha value is -0.320. The summed E-state index contributed by atoms with van der Waals surface area (Å²) in [5.41, 5.74) is 0. The summed E-state index contributed by atoms with van der Waals surface area (Å²) in [5, 5.41) is 16.0. The number of hydrogen-bond acceptors (Lipinski definition) is 4. The van der Waals surface area contributed by atoms with E-state index in [4.69, 9.17) is 11.6 Å². The van der Waals surface area contributed by atoms with Crippen LogP contribution in [0.2, 0.25) is 5.15 Å². The molecular formula is C10H17ClN2OS. The van der Waals surface area contributed by atoms with Crippen molar-refractivity contribution in [3.8, 4) is 0 Å². The van der Waals surface area contributed by atoms with Crippen LogP contribution >= 0.6 is 22.9 Å². The smallest absolute Gasteiger partial charge is 0.184 e. The Kier molecular flexibility index (Phi) is 5.36. The topological polar surface area (TPSA) is 45.1 Å². The van der Waals surface area contributed by atoms with Crippen molar-refractivity contribution in [1.29, 1.82) is 0 Å². The van der Waals surface area contributed by atoms with Crippen molar-refractivity contribution in [2.45, 2.75) is 32.8 Å². The molecule has 0 amide bonds. The Labute approximate surface area is 99.5 Å². The minimum Gasteiger partial charge on any atom is -0.391 e. The molecule has 1 rings (SSSR count). The Balaban J connectivity index is 2.36. The van der Waals surface area contributed by atoms with E-state index in [9.17, 15) is 5.11 Å². The molecule has 0 aliphatic heterocycles. The second-order valence-electron chi connectivity index (χ2n) is 3.50. The normalized spacial score (nSPS) is 13.1. The lowest BCUT2D eigenvalue weighted by Gasteiger charge is -2.19. The summed E-state index contributed by atoms with van der Waals surface area (Å²) in [6, 6.07) is 0. The van der Waals surface area contributed by atoms with Gasteiger partial charge in [-0.25, -0.2) is 4.98 Å². The van der Waals surface area contributed by atoms with Gasteiger partial charge in [0.05, 0.1) is 6.10 Å². The predicted octanol–water partition coefficient (Wildman–Crippen LogP) is 3.01. The maximum Gasteiger partial charge on any atom is 0.184 e. The molecule has 0 saturated heterocycles. The van der Waals surface area contributed by atoms with E-state index in [0.717, 1.165) is 18.0 Å². The fourth-order valence-corrected chi connectivity index (χ4v) is 2.37. The van der Waals surface area contributed by atoms with Gasteiger partial charge in [0.15, 0.2) is 5.13 Å². The molecule has 15 heavy (non-hydrogen) atoms. The van der Waals surface area contributed by atoms with Crippen LogP contribution in [0.5, 0.6) is 0 Å². The van der Waals surface area contributed by atoms with Crippen LogP contribution in [0.1, 0.15) is 26.7 Å². The van der Waals surface area contributed by atoms with Gasteiger partial charge in [-0.2, -0.15) is 0 Å². The fourth-order valence-electron chi connectivity index (χ4n) is 1.53. The van der Waals surface area contributed by atoms with E-state index in [1.807, 2.05) is 0 Å². The van der Waals surface area contributed by atoms with Crippen LogP contribution in [0.15, 0.2) is 5.38 Å². The quantitative estimate of drug-likeness (QED) is 0.814. The molecule has 0 aliphatic rings. The summed E-state index contributed by atoms with van der Waals surface area (Å²) >= 11 is 7.14. The van der Waals surface area contributed by atoms with Crippen molar-refractivity contribution >= 4 is 28.1 Å². The number of thiazole rings is 1. The third kappa shape index (κ3) is 3.97. The van der Waals surface area contributed by atoms with Gasteiger partial charge >= 0.3 is 0 Å². The molecule has 5 heteroatoms. The molecule has 2 N–H and O–H groups in total. The Morgan fingerprint density at radius 1 is 1.53 bits per heavy atom. The molecule has 1 atom stereocenters. The first-order chi connectivity index (χ1) is 7.17. The zero-order chi connectivity index (χ0) is 11.3. The molecule has 1 unspecified atom stereocenters. The minimum atomic E-state index is -0.317. The second kappa shape index (κ2) is 6.30. The van der Waals surface area contributed by atoms with Gasteiger partial charge in [0.25, 0.3) is 0 Å². The van der Waals surface area contributed by atoms with Crippen molar-refractivity contribution in [3.05, 3.63) is 10.5 Å². The summed E-state index contributed by atoms with van der Waals surface area (Å²) in [5.74, 6) is 0.355. The van der Waals surface area contributed by atoms with E-state index in [0.29, 0.717) is 17.6 Å². The van der Waals surface area contributed by atoms with Gasteiger partial charge in [-0.3, -0.25) is 0 Å². The molecule has 86 valence electrons. The first kappa shape index (κ1) is 12.7. The Morgan fingerprint density at radius 3 is 2.67 bits per heavy atom. The standard InChI is InChI=1S/C10H17ClN2OS/c1-3-7(4-2)8(14)5-12-10-13-9(11)6-15-10/h6-8,14H,3-5H2,1-2H3,(H,12,13). The highest BCUT2D eigenvalue weighted by Crippen LogP contribution is 2.20. The average molecular weight is 249 g/mol. The van der Waals surface area contributed by atoms with Crippen molar-refractivity contribution in [2.24, 2.45) is 5.92 Å². The van der Waals surface area contributed by atoms with Crippen molar-refractivity contribution in [1.82, 2.24) is 4.98 Å². The number of nitrogens with zero attached hydrogens (tertiary/aromatic N) is 1. The molecule has 3 nitrogen and oxygen atoms in total. The number of halogens is 1. The number of aromatic nitrogens is 1. The number of rotatable bonds is 6. The zero-order valence-electron chi connectivity index (χ0n) is 9.03. The molecule has 1 heterocycles. The second-order valence-corrected chi connectivity index (χ2v) is 4.75. The van der Waals surface area contributed by atoms with Gasteiger partial charge in [-0.1, -0.05) is 38.3 Å². The van der Waals surface area contributed by atoms with Gasteiger partial charge < -0.3 is 10.4 Å². The van der Waals surface area contributed by atoms with Crippen LogP contribution < -0.4 is 5.32 Å². The van der Waals surface area contributed by atoms with Gasteiger partial charge in [0, 0.05) is 11.9 Å². The van der Waals surface area contributed by atoms with E-state index in [2.05, 4.69) is 24.1 Å². The van der Waals surface area contributed by atoms with Crippen LogP contribution in [0.3, 0.4) is 0 Å². The molecule has 1 aromatic heterocycles. The first-order valence-electron chi connectivity index (χ1n) is 5.20. The third-order valence-electron chi connectivity index (χ3n) is 2.53. The number of nitrogens with one attached hydrogen (secondary N) is 1. The van der Waals surface area contributed by atoms with Crippen molar-refractivity contribution in [3.63, 3.8) is 0 Å². The monoisotopic (exact) mass is 248 g/mol. The summed E-state index contributed by atoms with van der Waals surface area (Å²) in [7, 11) is 0. The first-order valence-corrected chi connectivity index (χ1v) is 6.46. The van der Waals surface area contributed by atoms with Crippen LogP contribution in [0, 0.1) is 5.92 Å². The van der Waals surface area contributed by atoms with Gasteiger partial charge in [0.1, 0.15) is 5.15 Å². The molecule has 0 radical (unpaired) electrons. The van der Waals surface area contributed by atoms with Crippen LogP contribution in [-0.2, 0) is 0 Å². The van der Waals surface area contributed by atoms with E-state index >= 15 is 0 Å². The molecule has 0 aromatic carbocycles. The van der Waals surface area contributed by atoms with Crippen LogP contribution in [0.25, 0.3) is 0 Å². The summed E-state index contributed by atoms with van der Waals surface area (Å²) in [6.45, 7) is 4.73. The number of aliphatic hydroxyl groups excluding tert-OH is 1. The van der Waals surface area contributed by atoms with Gasteiger partial charge in [-0.15, -0.1) is 11.3 Å². The van der Waals surface area contributed by atoms with Crippen molar-refractivity contribution < 1.29 is 5.11 Å². The third-order valence-corrected chi connectivity index (χ3v) is 3.65. The Morgan fingerprint density at radius 2 is 2.20 bits per heavy atom. The predicted molar refractivity (Wildman–Crippen MR) is 65.7 cm³/mol. The number of aliphatic hydroxyl groups is 1. The maximum atomic E-state index is 9.86. The molecule has 1 aromatic rings. The molecule has 0 fully saturated rings. The molecule has 0 spiro atoms. The van der Waals surface area contributed by atoms with Crippen LogP contribution in [0.4, 0.5) is 5.13 Å². The van der Waals surface area contributed by atoms with Crippen LogP contribution in [-0.4, -0.2) is 22.7 Å². The van der Waals surface area contributed by atoms with E-state index in [-0.39, 0.29) is 6.10 Å². The molecular weight excluding hydrogens is 232 g/mol. The van der Waals surface area contributed by atoms with E-state index in [1.165, 1.54) is 11.3 Å². The average Bonchev–Trinajstić information content (AvgIpc) is 2.63. The van der Waals surface area contributed by atoms with E-state index < -0.39 is 0 Å². The van der Waals surface area contributed by atoms with Gasteiger partial charge in [0.2, 0.25) is 0 Å². The van der Waals surface area contributed by atoms with Crippen molar-refractivity contribution in [2.75, 3.05) is 11.9 Å². The van der Waals surface area contributed by atoms with E-state index in [1.54, 1.807) is 5.38 Å². The fraction of sp³-hybridized carbons (Fsp3) is 0.700.